The predicted octanol–water partition coefficient (Wildman–Crippen LogP) is 4.52. The van der Waals surface area contributed by atoms with Crippen molar-refractivity contribution < 1.29 is 9.53 Å². The maximum atomic E-state index is 13.0. The number of benzene rings is 2. The molecule has 1 amide bonds. The van der Waals surface area contributed by atoms with Gasteiger partial charge >= 0.3 is 0 Å². The summed E-state index contributed by atoms with van der Waals surface area (Å²) in [6.07, 6.45) is 5.50. The van der Waals surface area contributed by atoms with Gasteiger partial charge in [-0.05, 0) is 36.6 Å². The summed E-state index contributed by atoms with van der Waals surface area (Å²) in [5, 5.41) is 5.05. The minimum atomic E-state index is 0.0276. The summed E-state index contributed by atoms with van der Waals surface area (Å²) >= 11 is 6.23. The first-order valence-electron chi connectivity index (χ1n) is 9.92. The number of carbonyl (C=O) groups is 1. The van der Waals surface area contributed by atoms with Gasteiger partial charge in [0.1, 0.15) is 5.75 Å². The molecule has 0 spiro atoms. The zero-order valence-corrected chi connectivity index (χ0v) is 17.0. The molecule has 0 saturated carbocycles. The van der Waals surface area contributed by atoms with E-state index in [2.05, 4.69) is 5.10 Å². The molecule has 1 unspecified atom stereocenters. The van der Waals surface area contributed by atoms with Crippen molar-refractivity contribution in [3.05, 3.63) is 83.1 Å². The highest BCUT2D eigenvalue weighted by atomic mass is 35.5. The monoisotopic (exact) mass is 409 g/mol. The number of rotatable bonds is 6. The van der Waals surface area contributed by atoms with Crippen molar-refractivity contribution in [3.63, 3.8) is 0 Å². The third-order valence-electron chi connectivity index (χ3n) is 5.21. The molecular weight excluding hydrogens is 386 g/mol. The van der Waals surface area contributed by atoms with Gasteiger partial charge in [0.2, 0.25) is 0 Å². The summed E-state index contributed by atoms with van der Waals surface area (Å²) in [5.74, 6) is 1.24. The topological polar surface area (TPSA) is 47.4 Å². The minimum absolute atomic E-state index is 0.0276. The number of piperidine rings is 1. The third-order valence-corrected chi connectivity index (χ3v) is 5.57. The molecule has 4 rings (SSSR count). The molecule has 1 fully saturated rings. The van der Waals surface area contributed by atoms with Crippen LogP contribution in [0.1, 0.15) is 28.8 Å². The summed E-state index contributed by atoms with van der Waals surface area (Å²) in [7, 11) is 0. The molecule has 1 aliphatic heterocycles. The van der Waals surface area contributed by atoms with Crippen molar-refractivity contribution in [2.75, 3.05) is 19.7 Å². The number of hydrogen-bond donors (Lipinski definition) is 0. The van der Waals surface area contributed by atoms with Gasteiger partial charge in [-0.15, -0.1) is 0 Å². The fourth-order valence-corrected chi connectivity index (χ4v) is 3.86. The first-order chi connectivity index (χ1) is 14.2. The third kappa shape index (κ3) is 4.98. The van der Waals surface area contributed by atoms with E-state index in [-0.39, 0.29) is 5.91 Å². The number of halogens is 1. The molecule has 150 valence electrons. The molecule has 5 nitrogen and oxygen atoms in total. The molecule has 0 N–H and O–H groups in total. The number of aromatic nitrogens is 2. The summed E-state index contributed by atoms with van der Waals surface area (Å²) in [5.41, 5.74) is 1.59. The summed E-state index contributed by atoms with van der Waals surface area (Å²) < 4.78 is 7.65. The predicted molar refractivity (Wildman–Crippen MR) is 113 cm³/mol. The van der Waals surface area contributed by atoms with Crippen molar-refractivity contribution >= 4 is 17.5 Å². The molecule has 1 saturated heterocycles. The summed E-state index contributed by atoms with van der Waals surface area (Å²) in [4.78, 5) is 14.9. The number of likely N-dealkylation sites (tertiary alicyclic amines) is 1. The lowest BCUT2D eigenvalue weighted by atomic mass is 9.98. The van der Waals surface area contributed by atoms with Gasteiger partial charge in [0.15, 0.2) is 0 Å². The fraction of sp³-hybridized carbons (Fsp3) is 0.304. The molecule has 29 heavy (non-hydrogen) atoms. The Morgan fingerprint density at radius 1 is 1.14 bits per heavy atom. The van der Waals surface area contributed by atoms with Gasteiger partial charge < -0.3 is 9.64 Å². The molecule has 6 heteroatoms. The second kappa shape index (κ2) is 9.14. The highest BCUT2D eigenvalue weighted by Crippen LogP contribution is 2.21. The fourth-order valence-electron chi connectivity index (χ4n) is 3.66. The van der Waals surface area contributed by atoms with Crippen LogP contribution in [-0.2, 0) is 6.54 Å². The van der Waals surface area contributed by atoms with Crippen LogP contribution in [0.5, 0.6) is 5.75 Å². The summed E-state index contributed by atoms with van der Waals surface area (Å²) in [6.45, 7) is 2.65. The van der Waals surface area contributed by atoms with Crippen LogP contribution in [0.4, 0.5) is 0 Å². The first-order valence-corrected chi connectivity index (χ1v) is 10.3. The normalized spacial score (nSPS) is 16.6. The average Bonchev–Trinajstić information content (AvgIpc) is 3.23. The van der Waals surface area contributed by atoms with Crippen LogP contribution in [0, 0.1) is 5.92 Å². The number of hydrogen-bond acceptors (Lipinski definition) is 3. The van der Waals surface area contributed by atoms with Crippen LogP contribution in [0.15, 0.2) is 67.0 Å². The van der Waals surface area contributed by atoms with E-state index in [9.17, 15) is 4.79 Å². The zero-order chi connectivity index (χ0) is 20.1. The number of para-hydroxylation sites is 1. The van der Waals surface area contributed by atoms with Crippen LogP contribution < -0.4 is 4.74 Å². The van der Waals surface area contributed by atoms with Crippen molar-refractivity contribution in [3.8, 4) is 5.75 Å². The van der Waals surface area contributed by atoms with Crippen LogP contribution in [-0.4, -0.2) is 40.3 Å². The van der Waals surface area contributed by atoms with E-state index in [1.807, 2.05) is 59.5 Å². The molecule has 3 aromatic rings. The first kappa shape index (κ1) is 19.5. The number of amides is 1. The van der Waals surface area contributed by atoms with Crippen molar-refractivity contribution in [2.24, 2.45) is 5.92 Å². The van der Waals surface area contributed by atoms with Gasteiger partial charge in [-0.2, -0.15) is 5.10 Å². The quantitative estimate of drug-likeness (QED) is 0.601. The molecule has 0 radical (unpaired) electrons. The Morgan fingerprint density at radius 2 is 1.93 bits per heavy atom. The number of carbonyl (C=O) groups excluding carboxylic acids is 1. The van der Waals surface area contributed by atoms with Crippen LogP contribution in [0.25, 0.3) is 0 Å². The standard InChI is InChI=1S/C23H24ClN3O2/c24-22-11-5-4-8-19(22)15-27-16-20(13-25-27)23(28)26-12-6-7-18(14-26)17-29-21-9-2-1-3-10-21/h1-5,8-11,13,16,18H,6-7,12,14-15,17H2. The molecule has 1 aliphatic rings. The second-order valence-electron chi connectivity index (χ2n) is 7.40. The van der Waals surface area contributed by atoms with Gasteiger partial charge in [0, 0.05) is 30.2 Å². The highest BCUT2D eigenvalue weighted by Gasteiger charge is 2.25. The smallest absolute Gasteiger partial charge is 0.257 e. The second-order valence-corrected chi connectivity index (χ2v) is 7.81. The molecule has 0 aliphatic carbocycles. The Labute approximate surface area is 175 Å². The maximum absolute atomic E-state index is 13.0. The van der Waals surface area contributed by atoms with E-state index >= 15 is 0 Å². The van der Waals surface area contributed by atoms with Gasteiger partial charge in [-0.3, -0.25) is 9.48 Å². The van der Waals surface area contributed by atoms with Gasteiger partial charge in [0.25, 0.3) is 5.91 Å². The van der Waals surface area contributed by atoms with Crippen LogP contribution >= 0.6 is 11.6 Å². The van der Waals surface area contributed by atoms with E-state index in [0.29, 0.717) is 36.2 Å². The van der Waals surface area contributed by atoms with Gasteiger partial charge in [-0.1, -0.05) is 48.0 Å². The SMILES string of the molecule is O=C(c1cnn(Cc2ccccc2Cl)c1)N1CCCC(COc2ccccc2)C1. The maximum Gasteiger partial charge on any atom is 0.257 e. The van der Waals surface area contributed by atoms with E-state index in [1.54, 1.807) is 17.1 Å². The van der Waals surface area contributed by atoms with Crippen molar-refractivity contribution in [1.29, 1.82) is 0 Å². The van der Waals surface area contributed by atoms with Crippen molar-refractivity contribution in [1.82, 2.24) is 14.7 Å². The van der Waals surface area contributed by atoms with E-state index < -0.39 is 0 Å². The average molecular weight is 410 g/mol. The molecule has 2 aromatic carbocycles. The summed E-state index contributed by atoms with van der Waals surface area (Å²) in [6, 6.07) is 17.5. The lowest BCUT2D eigenvalue weighted by Gasteiger charge is -2.32. The van der Waals surface area contributed by atoms with Gasteiger partial charge in [-0.25, -0.2) is 0 Å². The van der Waals surface area contributed by atoms with Crippen molar-refractivity contribution in [2.45, 2.75) is 19.4 Å². The lowest BCUT2D eigenvalue weighted by molar-refractivity contribution is 0.0633. The minimum Gasteiger partial charge on any atom is -0.493 e. The Kier molecular flexibility index (Phi) is 6.15. The van der Waals surface area contributed by atoms with E-state index in [1.165, 1.54) is 0 Å². The number of ether oxygens (including phenoxy) is 1. The molecule has 0 bridgehead atoms. The molecule has 1 atom stereocenters. The Morgan fingerprint density at radius 3 is 2.76 bits per heavy atom. The van der Waals surface area contributed by atoms with Gasteiger partial charge in [0.05, 0.1) is 24.9 Å². The Balaban J connectivity index is 1.35. The molecular formula is C23H24ClN3O2. The largest absolute Gasteiger partial charge is 0.493 e. The molecule has 1 aromatic heterocycles. The highest BCUT2D eigenvalue weighted by molar-refractivity contribution is 6.31. The lowest BCUT2D eigenvalue weighted by Crippen LogP contribution is -2.41. The zero-order valence-electron chi connectivity index (χ0n) is 16.2. The van der Waals surface area contributed by atoms with Crippen LogP contribution in [0.3, 0.4) is 0 Å². The molecule has 2 heterocycles. The van der Waals surface area contributed by atoms with E-state index in [0.717, 1.165) is 30.7 Å². The number of nitrogens with zero attached hydrogens (tertiary/aromatic N) is 3. The Bertz CT molecular complexity index is 958. The Hall–Kier alpha value is -2.79. The van der Waals surface area contributed by atoms with Crippen LogP contribution in [0.2, 0.25) is 5.02 Å². The van der Waals surface area contributed by atoms with E-state index in [4.69, 9.17) is 16.3 Å².